The summed E-state index contributed by atoms with van der Waals surface area (Å²) in [6.07, 6.45) is 0. The van der Waals surface area contributed by atoms with E-state index in [0.717, 1.165) is 5.56 Å². The maximum atomic E-state index is 13.0. The van der Waals surface area contributed by atoms with Crippen molar-refractivity contribution in [3.63, 3.8) is 0 Å². The van der Waals surface area contributed by atoms with E-state index in [1.165, 1.54) is 0 Å². The number of H-pyrrole nitrogens is 1. The highest BCUT2D eigenvalue weighted by Crippen LogP contribution is 2.34. The molecule has 2 heterocycles. The van der Waals surface area contributed by atoms with E-state index in [9.17, 15) is 9.59 Å². The van der Waals surface area contributed by atoms with Gasteiger partial charge in [0.05, 0.1) is 41.8 Å². The Bertz CT molecular complexity index is 1060. The van der Waals surface area contributed by atoms with Crippen LogP contribution in [0.25, 0.3) is 5.70 Å². The Labute approximate surface area is 191 Å². The predicted molar refractivity (Wildman–Crippen MR) is 123 cm³/mol. The van der Waals surface area contributed by atoms with Crippen LogP contribution in [0.15, 0.2) is 29.8 Å². The summed E-state index contributed by atoms with van der Waals surface area (Å²) in [4.78, 5) is 28.7. The van der Waals surface area contributed by atoms with E-state index in [1.807, 2.05) is 12.1 Å². The monoisotopic (exact) mass is 461 g/mol. The highest BCUT2D eigenvalue weighted by atomic mass is 35.5. The number of rotatable bonds is 6. The normalized spacial score (nSPS) is 15.9. The molecule has 9 heteroatoms. The molecule has 3 N–H and O–H groups in total. The quantitative estimate of drug-likeness (QED) is 0.443. The van der Waals surface area contributed by atoms with Crippen molar-refractivity contribution in [1.82, 2.24) is 15.6 Å². The van der Waals surface area contributed by atoms with Crippen LogP contribution >= 0.6 is 23.8 Å². The number of hydrogen-bond donors (Lipinski definition) is 3. The molecular weight excluding hydrogens is 438 g/mol. The highest BCUT2D eigenvalue weighted by molar-refractivity contribution is 7.80. The number of esters is 2. The summed E-state index contributed by atoms with van der Waals surface area (Å²) in [6, 6.07) is 6.57. The van der Waals surface area contributed by atoms with Crippen LogP contribution in [-0.2, 0) is 14.3 Å². The number of hydrogen-bond acceptors (Lipinski definition) is 5. The van der Waals surface area contributed by atoms with Gasteiger partial charge in [0.15, 0.2) is 5.11 Å². The van der Waals surface area contributed by atoms with Crippen LogP contribution in [0.2, 0.25) is 5.02 Å². The first-order valence-electron chi connectivity index (χ1n) is 9.89. The van der Waals surface area contributed by atoms with Gasteiger partial charge in [-0.25, -0.2) is 9.59 Å². The molecule has 0 saturated carbocycles. The third-order valence-corrected chi connectivity index (χ3v) is 5.41. The zero-order valence-electron chi connectivity index (χ0n) is 17.7. The molecule has 1 aliphatic rings. The molecule has 1 aliphatic heterocycles. The van der Waals surface area contributed by atoms with Crippen molar-refractivity contribution < 1.29 is 19.1 Å². The van der Waals surface area contributed by atoms with Gasteiger partial charge in [0.1, 0.15) is 0 Å². The fraction of sp³-hybridized carbons (Fsp3) is 0.318. The summed E-state index contributed by atoms with van der Waals surface area (Å²) in [5.74, 6) is -0.923. The van der Waals surface area contributed by atoms with Gasteiger partial charge < -0.3 is 25.1 Å². The highest BCUT2D eigenvalue weighted by Gasteiger charge is 2.35. The Morgan fingerprint density at radius 1 is 1.06 bits per heavy atom. The Kier molecular flexibility index (Phi) is 7.02. The van der Waals surface area contributed by atoms with Crippen LogP contribution in [0.1, 0.15) is 52.8 Å². The molecule has 0 aliphatic carbocycles. The molecule has 0 amide bonds. The lowest BCUT2D eigenvalue weighted by Crippen LogP contribution is -2.45. The minimum Gasteiger partial charge on any atom is -0.463 e. The van der Waals surface area contributed by atoms with Crippen molar-refractivity contribution in [1.29, 1.82) is 0 Å². The smallest absolute Gasteiger partial charge is 0.340 e. The number of thiocarbonyl (C=S) groups is 1. The Morgan fingerprint density at radius 2 is 1.68 bits per heavy atom. The molecule has 1 aromatic carbocycles. The molecule has 0 unspecified atom stereocenters. The molecule has 31 heavy (non-hydrogen) atoms. The van der Waals surface area contributed by atoms with Crippen molar-refractivity contribution in [3.8, 4) is 0 Å². The summed E-state index contributed by atoms with van der Waals surface area (Å²) in [5, 5.41) is 7.13. The lowest BCUT2D eigenvalue weighted by Gasteiger charge is -2.31. The van der Waals surface area contributed by atoms with Gasteiger partial charge in [0.25, 0.3) is 0 Å². The summed E-state index contributed by atoms with van der Waals surface area (Å²) < 4.78 is 10.5. The molecule has 164 valence electrons. The number of aromatic amines is 1. The average Bonchev–Trinajstić information content (AvgIpc) is 3.02. The van der Waals surface area contributed by atoms with Crippen LogP contribution in [0.3, 0.4) is 0 Å². The minimum atomic E-state index is -0.561. The number of carbonyl (C=O) groups is 2. The maximum Gasteiger partial charge on any atom is 0.340 e. The third-order valence-electron chi connectivity index (χ3n) is 4.94. The molecule has 2 aromatic rings. The van der Waals surface area contributed by atoms with E-state index in [0.29, 0.717) is 43.9 Å². The lowest BCUT2D eigenvalue weighted by atomic mass is 9.93. The van der Waals surface area contributed by atoms with Gasteiger partial charge in [-0.05, 0) is 63.2 Å². The lowest BCUT2D eigenvalue weighted by molar-refractivity contribution is -0.138. The summed E-state index contributed by atoms with van der Waals surface area (Å²) in [7, 11) is 0. The number of halogens is 1. The number of aromatic nitrogens is 1. The Hall–Kier alpha value is -2.84. The van der Waals surface area contributed by atoms with Gasteiger partial charge in [-0.1, -0.05) is 23.7 Å². The second-order valence-electron chi connectivity index (χ2n) is 6.94. The van der Waals surface area contributed by atoms with E-state index in [1.54, 1.807) is 39.8 Å². The SMILES string of the molecule is CCOC(=O)C1=C(c2[nH]c(C)c(C(=O)OCC)c2C)NC(=S)N[C@@H]1c1ccc(Cl)cc1. The van der Waals surface area contributed by atoms with Crippen LogP contribution in [0, 0.1) is 13.8 Å². The molecule has 7 nitrogen and oxygen atoms in total. The van der Waals surface area contributed by atoms with Gasteiger partial charge >= 0.3 is 11.9 Å². The van der Waals surface area contributed by atoms with Crippen LogP contribution < -0.4 is 10.6 Å². The van der Waals surface area contributed by atoms with E-state index in [4.69, 9.17) is 33.3 Å². The Morgan fingerprint density at radius 3 is 2.29 bits per heavy atom. The first-order valence-corrected chi connectivity index (χ1v) is 10.7. The van der Waals surface area contributed by atoms with Crippen molar-refractivity contribution in [3.05, 3.63) is 62.9 Å². The molecule has 1 atom stereocenters. The largest absolute Gasteiger partial charge is 0.463 e. The van der Waals surface area contributed by atoms with Gasteiger partial charge in [-0.15, -0.1) is 0 Å². The zero-order valence-corrected chi connectivity index (χ0v) is 19.3. The Balaban J connectivity index is 2.22. The fourth-order valence-corrected chi connectivity index (χ4v) is 3.95. The number of benzene rings is 1. The van der Waals surface area contributed by atoms with Crippen molar-refractivity contribution in [2.45, 2.75) is 33.7 Å². The molecule has 0 radical (unpaired) electrons. The van der Waals surface area contributed by atoms with Crippen LogP contribution in [-0.4, -0.2) is 35.2 Å². The fourth-order valence-electron chi connectivity index (χ4n) is 3.61. The molecular formula is C22H24ClN3O4S. The molecule has 0 spiro atoms. The number of ether oxygens (including phenoxy) is 2. The van der Waals surface area contributed by atoms with Gasteiger partial charge in [-0.3, -0.25) is 0 Å². The summed E-state index contributed by atoms with van der Waals surface area (Å²) >= 11 is 11.5. The van der Waals surface area contributed by atoms with E-state index < -0.39 is 18.0 Å². The second kappa shape index (κ2) is 9.53. The van der Waals surface area contributed by atoms with E-state index >= 15 is 0 Å². The molecule has 0 fully saturated rings. The molecule has 0 bridgehead atoms. The topological polar surface area (TPSA) is 92.5 Å². The first-order chi connectivity index (χ1) is 14.8. The molecule has 1 aromatic heterocycles. The van der Waals surface area contributed by atoms with Gasteiger partial charge in [0.2, 0.25) is 0 Å². The van der Waals surface area contributed by atoms with Gasteiger partial charge in [0, 0.05) is 10.7 Å². The third kappa shape index (κ3) is 4.60. The van der Waals surface area contributed by atoms with Crippen molar-refractivity contribution in [2.24, 2.45) is 0 Å². The van der Waals surface area contributed by atoms with Gasteiger partial charge in [-0.2, -0.15) is 0 Å². The number of aryl methyl sites for hydroxylation is 1. The number of nitrogens with one attached hydrogen (secondary N) is 3. The molecule has 3 rings (SSSR count). The second-order valence-corrected chi connectivity index (χ2v) is 7.78. The van der Waals surface area contributed by atoms with Crippen LogP contribution in [0.5, 0.6) is 0 Å². The maximum absolute atomic E-state index is 13.0. The van der Waals surface area contributed by atoms with E-state index in [2.05, 4.69) is 15.6 Å². The van der Waals surface area contributed by atoms with Crippen molar-refractivity contribution in [2.75, 3.05) is 13.2 Å². The zero-order chi connectivity index (χ0) is 22.7. The predicted octanol–water partition coefficient (Wildman–Crippen LogP) is 3.95. The summed E-state index contributed by atoms with van der Waals surface area (Å²) in [5.41, 5.74) is 3.89. The first kappa shape index (κ1) is 22.8. The molecule has 0 saturated heterocycles. The van der Waals surface area contributed by atoms with Crippen LogP contribution in [0.4, 0.5) is 0 Å². The number of carbonyl (C=O) groups excluding carboxylic acids is 2. The summed E-state index contributed by atoms with van der Waals surface area (Å²) in [6.45, 7) is 7.55. The average molecular weight is 462 g/mol. The van der Waals surface area contributed by atoms with Crippen molar-refractivity contribution >= 4 is 46.6 Å². The standard InChI is InChI=1S/C22H24ClN3O4S/c1-5-29-20(27)15-11(3)17(24-12(15)4)19-16(21(28)30-6-2)18(25-22(31)26-19)13-7-9-14(23)10-8-13/h7-10,18,24H,5-6H2,1-4H3,(H2,25,26,31)/t18-/m1/s1. The van der Waals surface area contributed by atoms with E-state index in [-0.39, 0.29) is 13.2 Å². The minimum absolute atomic E-state index is 0.213.